The van der Waals surface area contributed by atoms with Crippen molar-refractivity contribution < 1.29 is 19.7 Å². The minimum absolute atomic E-state index is 0.0504. The first-order valence-corrected chi connectivity index (χ1v) is 6.99. The van der Waals surface area contributed by atoms with Crippen molar-refractivity contribution in [2.75, 3.05) is 6.61 Å². The Kier molecular flexibility index (Phi) is 5.19. The molecule has 0 aromatic heterocycles. The molecule has 0 heterocycles. The minimum atomic E-state index is -0.417. The molecular weight excluding hydrogens is 296 g/mol. The SMILES string of the molecule is Cc1ccc(OCC(=O)N/N=C/c2ccc(O)cc2O)c(C)c1. The number of hydrazone groups is 1. The minimum Gasteiger partial charge on any atom is -0.508 e. The second-order valence-corrected chi connectivity index (χ2v) is 5.09. The first-order chi connectivity index (χ1) is 11.0. The summed E-state index contributed by atoms with van der Waals surface area (Å²) in [6.07, 6.45) is 1.28. The molecule has 0 saturated heterocycles. The molecule has 3 N–H and O–H groups in total. The summed E-state index contributed by atoms with van der Waals surface area (Å²) in [5.74, 6) is 0.0467. The van der Waals surface area contributed by atoms with Gasteiger partial charge in [0.25, 0.3) is 5.91 Å². The van der Waals surface area contributed by atoms with Gasteiger partial charge in [-0.15, -0.1) is 0 Å². The number of rotatable bonds is 5. The number of amides is 1. The molecule has 0 spiro atoms. The number of phenolic OH excluding ortho intramolecular Hbond substituents is 2. The van der Waals surface area contributed by atoms with Crippen LogP contribution in [0.1, 0.15) is 16.7 Å². The van der Waals surface area contributed by atoms with Crippen molar-refractivity contribution in [3.63, 3.8) is 0 Å². The smallest absolute Gasteiger partial charge is 0.277 e. The number of aromatic hydroxyl groups is 2. The van der Waals surface area contributed by atoms with Crippen molar-refractivity contribution in [1.29, 1.82) is 0 Å². The Bertz CT molecular complexity index is 741. The van der Waals surface area contributed by atoms with E-state index < -0.39 is 5.91 Å². The molecule has 0 fully saturated rings. The summed E-state index contributed by atoms with van der Waals surface area (Å²) in [6.45, 7) is 3.73. The lowest BCUT2D eigenvalue weighted by Crippen LogP contribution is -2.24. The number of hydrogen-bond acceptors (Lipinski definition) is 5. The molecule has 0 bridgehead atoms. The van der Waals surface area contributed by atoms with Crippen LogP contribution < -0.4 is 10.2 Å². The Morgan fingerprint density at radius 3 is 2.70 bits per heavy atom. The molecule has 0 unspecified atom stereocenters. The highest BCUT2D eigenvalue weighted by Crippen LogP contribution is 2.20. The molecule has 0 aliphatic carbocycles. The molecular formula is C17H18N2O4. The molecule has 6 nitrogen and oxygen atoms in total. The van der Waals surface area contributed by atoms with E-state index in [1.165, 1.54) is 24.4 Å². The summed E-state index contributed by atoms with van der Waals surface area (Å²) >= 11 is 0. The number of phenols is 2. The van der Waals surface area contributed by atoms with Gasteiger partial charge in [0.2, 0.25) is 0 Å². The first kappa shape index (κ1) is 16.4. The van der Waals surface area contributed by atoms with Crippen LogP contribution in [0.5, 0.6) is 17.2 Å². The van der Waals surface area contributed by atoms with E-state index in [1.807, 2.05) is 32.0 Å². The summed E-state index contributed by atoms with van der Waals surface area (Å²) in [7, 11) is 0. The zero-order valence-corrected chi connectivity index (χ0v) is 12.9. The summed E-state index contributed by atoms with van der Waals surface area (Å²) in [5, 5.41) is 22.5. The van der Waals surface area contributed by atoms with E-state index in [1.54, 1.807) is 0 Å². The Balaban J connectivity index is 1.86. The Labute approximate surface area is 134 Å². The quantitative estimate of drug-likeness (QED) is 0.583. The van der Waals surface area contributed by atoms with Crippen molar-refractivity contribution >= 4 is 12.1 Å². The van der Waals surface area contributed by atoms with E-state index in [4.69, 9.17) is 4.74 Å². The molecule has 6 heteroatoms. The van der Waals surface area contributed by atoms with Gasteiger partial charge in [-0.2, -0.15) is 5.10 Å². The van der Waals surface area contributed by atoms with Crippen molar-refractivity contribution in [3.8, 4) is 17.2 Å². The number of nitrogens with one attached hydrogen (secondary N) is 1. The lowest BCUT2D eigenvalue weighted by molar-refractivity contribution is -0.123. The lowest BCUT2D eigenvalue weighted by atomic mass is 10.1. The van der Waals surface area contributed by atoms with Gasteiger partial charge in [0.15, 0.2) is 6.61 Å². The third kappa shape index (κ3) is 4.74. The second kappa shape index (κ2) is 7.31. The molecule has 2 aromatic carbocycles. The highest BCUT2D eigenvalue weighted by Gasteiger charge is 2.04. The van der Waals surface area contributed by atoms with E-state index in [2.05, 4.69) is 10.5 Å². The normalized spacial score (nSPS) is 10.7. The van der Waals surface area contributed by atoms with Gasteiger partial charge in [0, 0.05) is 11.6 Å². The van der Waals surface area contributed by atoms with Gasteiger partial charge >= 0.3 is 0 Å². The molecule has 23 heavy (non-hydrogen) atoms. The van der Waals surface area contributed by atoms with Crippen LogP contribution in [-0.2, 0) is 4.79 Å². The van der Waals surface area contributed by atoms with Crippen molar-refractivity contribution in [1.82, 2.24) is 5.43 Å². The van der Waals surface area contributed by atoms with Gasteiger partial charge in [0.05, 0.1) is 6.21 Å². The van der Waals surface area contributed by atoms with Crippen molar-refractivity contribution in [2.45, 2.75) is 13.8 Å². The summed E-state index contributed by atoms with van der Waals surface area (Å²) in [4.78, 5) is 11.7. The summed E-state index contributed by atoms with van der Waals surface area (Å²) in [5.41, 5.74) is 4.76. The van der Waals surface area contributed by atoms with E-state index in [0.717, 1.165) is 11.1 Å². The van der Waals surface area contributed by atoms with Crippen LogP contribution in [0.15, 0.2) is 41.5 Å². The maximum atomic E-state index is 11.7. The fourth-order valence-electron chi connectivity index (χ4n) is 1.95. The molecule has 120 valence electrons. The van der Waals surface area contributed by atoms with Gasteiger partial charge in [-0.05, 0) is 37.6 Å². The van der Waals surface area contributed by atoms with Crippen molar-refractivity contribution in [2.24, 2.45) is 5.10 Å². The van der Waals surface area contributed by atoms with E-state index in [0.29, 0.717) is 11.3 Å². The zero-order chi connectivity index (χ0) is 16.8. The van der Waals surface area contributed by atoms with Crippen LogP contribution in [0.3, 0.4) is 0 Å². The molecule has 0 saturated carbocycles. The van der Waals surface area contributed by atoms with Gasteiger partial charge < -0.3 is 14.9 Å². The third-order valence-electron chi connectivity index (χ3n) is 3.10. The van der Waals surface area contributed by atoms with Gasteiger partial charge in [-0.3, -0.25) is 4.79 Å². The Morgan fingerprint density at radius 1 is 1.22 bits per heavy atom. The van der Waals surface area contributed by atoms with Crippen LogP contribution >= 0.6 is 0 Å². The third-order valence-corrected chi connectivity index (χ3v) is 3.10. The zero-order valence-electron chi connectivity index (χ0n) is 12.9. The van der Waals surface area contributed by atoms with Gasteiger partial charge in [-0.25, -0.2) is 5.43 Å². The second-order valence-electron chi connectivity index (χ2n) is 5.09. The molecule has 0 radical (unpaired) electrons. The number of ether oxygens (including phenoxy) is 1. The van der Waals surface area contributed by atoms with Gasteiger partial charge in [-0.1, -0.05) is 17.7 Å². The molecule has 0 aliphatic heterocycles. The first-order valence-electron chi connectivity index (χ1n) is 6.99. The molecule has 2 aromatic rings. The van der Waals surface area contributed by atoms with Crippen LogP contribution in [0, 0.1) is 13.8 Å². The van der Waals surface area contributed by atoms with Crippen molar-refractivity contribution in [3.05, 3.63) is 53.1 Å². The highest BCUT2D eigenvalue weighted by atomic mass is 16.5. The van der Waals surface area contributed by atoms with Gasteiger partial charge in [0.1, 0.15) is 17.2 Å². The van der Waals surface area contributed by atoms with E-state index >= 15 is 0 Å². The van der Waals surface area contributed by atoms with Crippen LogP contribution in [0.2, 0.25) is 0 Å². The average Bonchev–Trinajstić information content (AvgIpc) is 2.48. The number of nitrogens with zero attached hydrogens (tertiary/aromatic N) is 1. The monoisotopic (exact) mass is 314 g/mol. The molecule has 0 atom stereocenters. The molecule has 2 rings (SSSR count). The predicted molar refractivity (Wildman–Crippen MR) is 86.9 cm³/mol. The number of carbonyl (C=O) groups excluding carboxylic acids is 1. The summed E-state index contributed by atoms with van der Waals surface area (Å²) in [6, 6.07) is 9.77. The number of carbonyl (C=O) groups is 1. The summed E-state index contributed by atoms with van der Waals surface area (Å²) < 4.78 is 5.43. The Hall–Kier alpha value is -3.02. The predicted octanol–water partition coefficient (Wildman–Crippen LogP) is 2.24. The largest absolute Gasteiger partial charge is 0.508 e. The van der Waals surface area contributed by atoms with E-state index in [-0.39, 0.29) is 18.1 Å². The van der Waals surface area contributed by atoms with E-state index in [9.17, 15) is 15.0 Å². The van der Waals surface area contributed by atoms with Crippen LogP contribution in [0.4, 0.5) is 0 Å². The van der Waals surface area contributed by atoms with Crippen LogP contribution in [-0.4, -0.2) is 28.9 Å². The molecule has 1 amide bonds. The maximum absolute atomic E-state index is 11.7. The average molecular weight is 314 g/mol. The number of hydrogen-bond donors (Lipinski definition) is 3. The highest BCUT2D eigenvalue weighted by molar-refractivity contribution is 5.85. The Morgan fingerprint density at radius 2 is 2.00 bits per heavy atom. The fraction of sp³-hybridized carbons (Fsp3) is 0.176. The maximum Gasteiger partial charge on any atom is 0.277 e. The van der Waals surface area contributed by atoms with Crippen LogP contribution in [0.25, 0.3) is 0 Å². The number of aryl methyl sites for hydroxylation is 2. The lowest BCUT2D eigenvalue weighted by Gasteiger charge is -2.08. The number of benzene rings is 2. The topological polar surface area (TPSA) is 91.2 Å². The standard InChI is InChI=1S/C17H18N2O4/c1-11-3-6-16(12(2)7-11)23-10-17(22)19-18-9-13-4-5-14(20)8-15(13)21/h3-9,20-21H,10H2,1-2H3,(H,19,22)/b18-9+. The fourth-order valence-corrected chi connectivity index (χ4v) is 1.95. The molecule has 0 aliphatic rings.